The van der Waals surface area contributed by atoms with E-state index in [4.69, 9.17) is 20.7 Å². The van der Waals surface area contributed by atoms with Crippen molar-refractivity contribution in [2.75, 3.05) is 23.8 Å². The van der Waals surface area contributed by atoms with Crippen LogP contribution in [0, 0.1) is 11.7 Å². The van der Waals surface area contributed by atoms with Crippen molar-refractivity contribution in [1.82, 2.24) is 24.5 Å². The molecule has 0 radical (unpaired) electrons. The van der Waals surface area contributed by atoms with Gasteiger partial charge in [0.05, 0.1) is 6.33 Å². The third-order valence-corrected chi connectivity index (χ3v) is 8.56. The maximum absolute atomic E-state index is 13.3. The number of rotatable bonds is 7. The lowest BCUT2D eigenvalue weighted by atomic mass is 9.91. The second-order valence-corrected chi connectivity index (χ2v) is 11.3. The number of anilines is 2. The van der Waals surface area contributed by atoms with Crippen molar-refractivity contribution >= 4 is 60.2 Å². The van der Waals surface area contributed by atoms with Crippen molar-refractivity contribution in [2.45, 2.75) is 88.8 Å². The Morgan fingerprint density at radius 1 is 0.875 bits per heavy atom. The van der Waals surface area contributed by atoms with Crippen LogP contribution in [0.25, 0.3) is 11.2 Å². The van der Waals surface area contributed by atoms with Crippen molar-refractivity contribution in [3.05, 3.63) is 42.0 Å². The van der Waals surface area contributed by atoms with Crippen LogP contribution in [-0.4, -0.2) is 49.7 Å². The van der Waals surface area contributed by atoms with E-state index in [2.05, 4.69) is 20.3 Å². The topological polar surface area (TPSA) is 96.9 Å². The number of aromatic nitrogens is 4. The zero-order chi connectivity index (χ0) is 25.2. The SMILES string of the molecule is Cl.Cl.Cl.NC1CCC(Nc2nc(NN3CCC(Cc4ccc(F)cc4)CC3)c3ncn(C4CCCC4)c3n2)CC1. The first-order chi connectivity index (χ1) is 18.1. The summed E-state index contributed by atoms with van der Waals surface area (Å²) in [6, 6.07) is 8.08. The summed E-state index contributed by atoms with van der Waals surface area (Å²) < 4.78 is 15.5. The third kappa shape index (κ3) is 7.68. The largest absolute Gasteiger partial charge is 0.351 e. The summed E-state index contributed by atoms with van der Waals surface area (Å²) in [7, 11) is 0. The van der Waals surface area contributed by atoms with Crippen molar-refractivity contribution < 1.29 is 4.39 Å². The van der Waals surface area contributed by atoms with Gasteiger partial charge in [0.25, 0.3) is 0 Å². The molecule has 0 amide bonds. The molecule has 1 aromatic carbocycles. The second-order valence-electron chi connectivity index (χ2n) is 11.3. The zero-order valence-electron chi connectivity index (χ0n) is 22.8. The monoisotopic (exact) mass is 614 g/mol. The van der Waals surface area contributed by atoms with Crippen LogP contribution in [-0.2, 0) is 6.42 Å². The Labute approximate surface area is 254 Å². The van der Waals surface area contributed by atoms with Crippen LogP contribution in [0.5, 0.6) is 0 Å². The first-order valence-corrected chi connectivity index (χ1v) is 14.1. The molecule has 8 nitrogen and oxygen atoms in total. The fourth-order valence-corrected chi connectivity index (χ4v) is 6.31. The Morgan fingerprint density at radius 2 is 1.55 bits per heavy atom. The van der Waals surface area contributed by atoms with E-state index in [9.17, 15) is 4.39 Å². The first-order valence-electron chi connectivity index (χ1n) is 14.1. The minimum atomic E-state index is -0.171. The van der Waals surface area contributed by atoms with Gasteiger partial charge in [0.15, 0.2) is 17.0 Å². The van der Waals surface area contributed by atoms with Gasteiger partial charge in [0.1, 0.15) is 5.82 Å². The normalized spacial score (nSPS) is 22.2. The predicted molar refractivity (Wildman–Crippen MR) is 166 cm³/mol. The maximum atomic E-state index is 13.3. The van der Waals surface area contributed by atoms with Gasteiger partial charge in [0, 0.05) is 31.2 Å². The summed E-state index contributed by atoms with van der Waals surface area (Å²) >= 11 is 0. The van der Waals surface area contributed by atoms with Gasteiger partial charge in [-0.2, -0.15) is 9.97 Å². The number of nitrogens with one attached hydrogen (secondary N) is 2. The molecule has 0 unspecified atom stereocenters. The fourth-order valence-electron chi connectivity index (χ4n) is 6.31. The van der Waals surface area contributed by atoms with E-state index in [0.29, 0.717) is 30.0 Å². The summed E-state index contributed by atoms with van der Waals surface area (Å²) in [4.78, 5) is 14.7. The van der Waals surface area contributed by atoms with E-state index in [1.165, 1.54) is 31.2 Å². The molecule has 3 fully saturated rings. The highest BCUT2D eigenvalue weighted by Gasteiger charge is 2.26. The first kappa shape index (κ1) is 32.6. The molecule has 0 atom stereocenters. The lowest BCUT2D eigenvalue weighted by Gasteiger charge is -2.32. The average molecular weight is 616 g/mol. The number of halogens is 4. The second kappa shape index (κ2) is 14.8. The van der Waals surface area contributed by atoms with Crippen molar-refractivity contribution in [2.24, 2.45) is 11.7 Å². The van der Waals surface area contributed by atoms with Crippen molar-refractivity contribution in [3.8, 4) is 0 Å². The Hall–Kier alpha value is -1.91. The molecule has 3 aliphatic rings. The van der Waals surface area contributed by atoms with Gasteiger partial charge in [-0.1, -0.05) is 25.0 Å². The van der Waals surface area contributed by atoms with E-state index in [-0.39, 0.29) is 43.0 Å². The highest BCUT2D eigenvalue weighted by molar-refractivity contribution is 5.86. The molecule has 0 spiro atoms. The Morgan fingerprint density at radius 3 is 2.23 bits per heavy atom. The Kier molecular flexibility index (Phi) is 12.1. The lowest BCUT2D eigenvalue weighted by Crippen LogP contribution is -2.39. The van der Waals surface area contributed by atoms with Crippen LogP contribution in [0.15, 0.2) is 30.6 Å². The average Bonchev–Trinajstić information content (AvgIpc) is 3.58. The summed E-state index contributed by atoms with van der Waals surface area (Å²) in [5.41, 5.74) is 12.7. The molecule has 1 aliphatic heterocycles. The van der Waals surface area contributed by atoms with Gasteiger partial charge in [-0.3, -0.25) is 0 Å². The van der Waals surface area contributed by atoms with Gasteiger partial charge in [-0.15, -0.1) is 37.2 Å². The quantitative estimate of drug-likeness (QED) is 0.287. The summed E-state index contributed by atoms with van der Waals surface area (Å²) in [5, 5.41) is 5.88. The number of nitrogens with zero attached hydrogens (tertiary/aromatic N) is 5. The molecule has 2 saturated carbocycles. The highest BCUT2D eigenvalue weighted by atomic mass is 35.5. The van der Waals surface area contributed by atoms with Crippen LogP contribution in [0.1, 0.15) is 75.8 Å². The van der Waals surface area contributed by atoms with Gasteiger partial charge in [-0.25, -0.2) is 14.4 Å². The van der Waals surface area contributed by atoms with Crippen LogP contribution < -0.4 is 16.5 Å². The number of piperidine rings is 1. The smallest absolute Gasteiger partial charge is 0.227 e. The Balaban J connectivity index is 0.00000147. The zero-order valence-corrected chi connectivity index (χ0v) is 25.3. The molecule has 2 aliphatic carbocycles. The number of hydrogen-bond donors (Lipinski definition) is 3. The number of nitrogens with two attached hydrogens (primary N) is 1. The van der Waals surface area contributed by atoms with Crippen LogP contribution in [0.3, 0.4) is 0 Å². The van der Waals surface area contributed by atoms with E-state index < -0.39 is 0 Å². The minimum absolute atomic E-state index is 0. The molecule has 2 aromatic heterocycles. The molecular formula is C28H42Cl3FN8. The van der Waals surface area contributed by atoms with Gasteiger partial charge < -0.3 is 21.0 Å². The van der Waals surface area contributed by atoms with E-state index in [1.807, 2.05) is 18.5 Å². The van der Waals surface area contributed by atoms with Crippen LogP contribution in [0.4, 0.5) is 16.2 Å². The minimum Gasteiger partial charge on any atom is -0.351 e. The molecule has 1 saturated heterocycles. The molecule has 3 aromatic rings. The van der Waals surface area contributed by atoms with Crippen LogP contribution in [0.2, 0.25) is 0 Å². The van der Waals surface area contributed by atoms with Crippen molar-refractivity contribution in [1.29, 1.82) is 0 Å². The van der Waals surface area contributed by atoms with Crippen LogP contribution >= 0.6 is 37.2 Å². The predicted octanol–water partition coefficient (Wildman–Crippen LogP) is 6.31. The molecule has 4 N–H and O–H groups in total. The molecule has 12 heteroatoms. The van der Waals surface area contributed by atoms with E-state index in [1.54, 1.807) is 12.1 Å². The maximum Gasteiger partial charge on any atom is 0.227 e. The van der Waals surface area contributed by atoms with Gasteiger partial charge >= 0.3 is 0 Å². The molecule has 3 heterocycles. The standard InChI is InChI=1S/C28H39FN8.3ClH/c29-21-7-5-19(6-8-21)17-20-13-15-36(16-14-20)35-26-25-27(37(18-31-25)24-3-1-2-4-24)34-28(33-26)32-23-11-9-22(30)10-12-23;;;/h5-8,18,20,22-24H,1-4,9-17,30H2,(H2,32,33,34,35);3*1H. The van der Waals surface area contributed by atoms with Crippen molar-refractivity contribution in [3.63, 3.8) is 0 Å². The molecule has 222 valence electrons. The third-order valence-electron chi connectivity index (χ3n) is 8.56. The van der Waals surface area contributed by atoms with Gasteiger partial charge in [0.2, 0.25) is 5.95 Å². The number of benzene rings is 1. The lowest BCUT2D eigenvalue weighted by molar-refractivity contribution is 0.216. The molecule has 6 rings (SSSR count). The molecule has 40 heavy (non-hydrogen) atoms. The fraction of sp³-hybridized carbons (Fsp3) is 0.607. The highest BCUT2D eigenvalue weighted by Crippen LogP contribution is 2.34. The number of imidazole rings is 1. The Bertz CT molecular complexity index is 1190. The van der Waals surface area contributed by atoms with E-state index in [0.717, 1.165) is 75.0 Å². The summed E-state index contributed by atoms with van der Waals surface area (Å²) in [6.45, 7) is 1.87. The number of hydrogen-bond acceptors (Lipinski definition) is 7. The number of fused-ring (bicyclic) bond motifs is 1. The summed E-state index contributed by atoms with van der Waals surface area (Å²) in [6.07, 6.45) is 14.2. The molecular weight excluding hydrogens is 574 g/mol. The van der Waals surface area contributed by atoms with E-state index >= 15 is 0 Å². The molecule has 0 bridgehead atoms. The number of hydrazine groups is 1. The van der Waals surface area contributed by atoms with Gasteiger partial charge in [-0.05, 0) is 81.4 Å². The summed E-state index contributed by atoms with van der Waals surface area (Å²) in [5.74, 6) is 1.90.